The summed E-state index contributed by atoms with van der Waals surface area (Å²) in [4.78, 5) is 11.0. The van der Waals surface area contributed by atoms with Crippen LogP contribution < -0.4 is 10.2 Å². The van der Waals surface area contributed by atoms with Gasteiger partial charge < -0.3 is 10.2 Å². The fourth-order valence-corrected chi connectivity index (χ4v) is 3.30. The highest BCUT2D eigenvalue weighted by Gasteiger charge is 2.40. The smallest absolute Gasteiger partial charge is 0.132 e. The summed E-state index contributed by atoms with van der Waals surface area (Å²) in [7, 11) is 0. The molecular weight excluding hydrogens is 212 g/mol. The first-order valence-electron chi connectivity index (χ1n) is 6.65. The molecule has 1 saturated heterocycles. The van der Waals surface area contributed by atoms with E-state index < -0.39 is 0 Å². The van der Waals surface area contributed by atoms with Crippen LogP contribution in [0.3, 0.4) is 0 Å². The molecule has 2 fully saturated rings. The van der Waals surface area contributed by atoms with Crippen molar-refractivity contribution in [2.45, 2.75) is 37.6 Å². The highest BCUT2D eigenvalue weighted by molar-refractivity contribution is 5.42. The van der Waals surface area contributed by atoms with Gasteiger partial charge >= 0.3 is 0 Å². The van der Waals surface area contributed by atoms with E-state index >= 15 is 0 Å². The van der Waals surface area contributed by atoms with Gasteiger partial charge in [-0.3, -0.25) is 0 Å². The molecule has 3 rings (SSSR count). The first-order chi connectivity index (χ1) is 8.41. The summed E-state index contributed by atoms with van der Waals surface area (Å²) >= 11 is 0. The molecule has 0 amide bonds. The molecule has 2 heterocycles. The number of anilines is 1. The van der Waals surface area contributed by atoms with E-state index in [1.807, 2.05) is 12.3 Å². The number of hydrogen-bond donors (Lipinski definition) is 1. The second-order valence-corrected chi connectivity index (χ2v) is 5.18. The van der Waals surface area contributed by atoms with Crippen molar-refractivity contribution in [3.63, 3.8) is 0 Å². The molecule has 0 bridgehead atoms. The molecule has 0 aromatic carbocycles. The fourth-order valence-electron chi connectivity index (χ4n) is 3.30. The topological polar surface area (TPSA) is 41.0 Å². The zero-order chi connectivity index (χ0) is 11.6. The Morgan fingerprint density at radius 3 is 2.88 bits per heavy atom. The number of piperazine rings is 1. The average molecular weight is 232 g/mol. The Balaban J connectivity index is 1.89. The van der Waals surface area contributed by atoms with Crippen LogP contribution in [-0.4, -0.2) is 35.1 Å². The van der Waals surface area contributed by atoms with Crippen LogP contribution in [0.5, 0.6) is 0 Å². The summed E-state index contributed by atoms with van der Waals surface area (Å²) in [6.07, 6.45) is 10.2. The normalized spacial score (nSPS) is 23.9. The van der Waals surface area contributed by atoms with Gasteiger partial charge in [0.25, 0.3) is 0 Å². The minimum atomic E-state index is 0.310. The van der Waals surface area contributed by atoms with Crippen LogP contribution in [-0.2, 0) is 0 Å². The molecule has 17 heavy (non-hydrogen) atoms. The highest BCUT2D eigenvalue weighted by Crippen LogP contribution is 2.36. The molecule has 1 spiro atoms. The molecule has 4 heteroatoms. The molecule has 0 radical (unpaired) electrons. The van der Waals surface area contributed by atoms with E-state index in [1.54, 1.807) is 6.33 Å². The lowest BCUT2D eigenvalue weighted by Gasteiger charge is -2.50. The van der Waals surface area contributed by atoms with Gasteiger partial charge in [-0.2, -0.15) is 0 Å². The summed E-state index contributed by atoms with van der Waals surface area (Å²) in [5, 5.41) is 3.56. The van der Waals surface area contributed by atoms with E-state index in [4.69, 9.17) is 0 Å². The third-order valence-electron chi connectivity index (χ3n) is 4.17. The summed E-state index contributed by atoms with van der Waals surface area (Å²) in [5.74, 6) is 1.10. The third kappa shape index (κ3) is 2.02. The van der Waals surface area contributed by atoms with Crippen molar-refractivity contribution in [3.8, 4) is 0 Å². The molecule has 1 N–H and O–H groups in total. The van der Waals surface area contributed by atoms with E-state index in [1.165, 1.54) is 32.1 Å². The zero-order valence-electron chi connectivity index (χ0n) is 10.2. The second-order valence-electron chi connectivity index (χ2n) is 5.18. The molecule has 1 aromatic heterocycles. The fraction of sp³-hybridized carbons (Fsp3) is 0.692. The molecule has 92 valence electrons. The Hall–Kier alpha value is -1.16. The minimum absolute atomic E-state index is 0.310. The van der Waals surface area contributed by atoms with Crippen LogP contribution in [0.4, 0.5) is 5.82 Å². The lowest BCUT2D eigenvalue weighted by molar-refractivity contribution is 0.239. The maximum atomic E-state index is 4.44. The SMILES string of the molecule is c1cc(N2CCNCC23CCCCC3)ncn1. The first-order valence-corrected chi connectivity index (χ1v) is 6.65. The van der Waals surface area contributed by atoms with E-state index in [0.29, 0.717) is 5.54 Å². The van der Waals surface area contributed by atoms with Crippen molar-refractivity contribution in [1.82, 2.24) is 15.3 Å². The number of rotatable bonds is 1. The van der Waals surface area contributed by atoms with Gasteiger partial charge in [-0.05, 0) is 18.9 Å². The summed E-state index contributed by atoms with van der Waals surface area (Å²) in [6.45, 7) is 3.24. The van der Waals surface area contributed by atoms with Crippen molar-refractivity contribution in [2.75, 3.05) is 24.5 Å². The Morgan fingerprint density at radius 2 is 2.12 bits per heavy atom. The number of nitrogens with zero attached hydrogens (tertiary/aromatic N) is 3. The van der Waals surface area contributed by atoms with Crippen LogP contribution in [0.15, 0.2) is 18.6 Å². The molecule has 1 aliphatic heterocycles. The van der Waals surface area contributed by atoms with Crippen LogP contribution in [0.25, 0.3) is 0 Å². The predicted molar refractivity (Wildman–Crippen MR) is 68.1 cm³/mol. The number of aromatic nitrogens is 2. The molecule has 1 aromatic rings. The van der Waals surface area contributed by atoms with Gasteiger partial charge in [-0.1, -0.05) is 19.3 Å². The van der Waals surface area contributed by atoms with Gasteiger partial charge in [-0.15, -0.1) is 0 Å². The maximum Gasteiger partial charge on any atom is 0.132 e. The van der Waals surface area contributed by atoms with E-state index in [2.05, 4.69) is 20.2 Å². The molecule has 0 atom stereocenters. The highest BCUT2D eigenvalue weighted by atomic mass is 15.3. The van der Waals surface area contributed by atoms with Crippen LogP contribution in [0, 0.1) is 0 Å². The Kier molecular flexibility index (Phi) is 2.97. The van der Waals surface area contributed by atoms with Crippen molar-refractivity contribution < 1.29 is 0 Å². The number of hydrogen-bond acceptors (Lipinski definition) is 4. The van der Waals surface area contributed by atoms with E-state index in [-0.39, 0.29) is 0 Å². The standard InChI is InChI=1S/C13H20N4/c1-2-5-13(6-3-1)10-14-8-9-17(13)12-4-7-15-11-16-12/h4,7,11,14H,1-3,5-6,8-10H2. The summed E-state index contributed by atoms with van der Waals surface area (Å²) in [6, 6.07) is 2.04. The number of nitrogens with one attached hydrogen (secondary N) is 1. The van der Waals surface area contributed by atoms with Gasteiger partial charge in [0.2, 0.25) is 0 Å². The average Bonchev–Trinajstić information content (AvgIpc) is 2.41. The van der Waals surface area contributed by atoms with Crippen LogP contribution in [0.1, 0.15) is 32.1 Å². The van der Waals surface area contributed by atoms with Crippen molar-refractivity contribution in [3.05, 3.63) is 18.6 Å². The Morgan fingerprint density at radius 1 is 1.24 bits per heavy atom. The lowest BCUT2D eigenvalue weighted by Crippen LogP contribution is -2.62. The molecule has 1 aliphatic carbocycles. The van der Waals surface area contributed by atoms with Gasteiger partial charge in [0.05, 0.1) is 5.54 Å². The largest absolute Gasteiger partial charge is 0.348 e. The Bertz CT molecular complexity index is 351. The first kappa shape index (κ1) is 11.0. The summed E-state index contributed by atoms with van der Waals surface area (Å²) in [5.41, 5.74) is 0.310. The van der Waals surface area contributed by atoms with Gasteiger partial charge in [0, 0.05) is 25.8 Å². The van der Waals surface area contributed by atoms with Crippen molar-refractivity contribution >= 4 is 5.82 Å². The molecule has 1 saturated carbocycles. The molecule has 0 unspecified atom stereocenters. The quantitative estimate of drug-likeness (QED) is 0.798. The molecular formula is C13H20N4. The zero-order valence-corrected chi connectivity index (χ0v) is 10.2. The third-order valence-corrected chi connectivity index (χ3v) is 4.17. The van der Waals surface area contributed by atoms with Gasteiger partial charge in [-0.25, -0.2) is 9.97 Å². The second kappa shape index (κ2) is 4.61. The summed E-state index contributed by atoms with van der Waals surface area (Å²) < 4.78 is 0. The molecule has 4 nitrogen and oxygen atoms in total. The van der Waals surface area contributed by atoms with E-state index in [0.717, 1.165) is 25.5 Å². The predicted octanol–water partition coefficient (Wildman–Crippen LogP) is 1.59. The van der Waals surface area contributed by atoms with Crippen LogP contribution in [0.2, 0.25) is 0 Å². The molecule has 2 aliphatic rings. The van der Waals surface area contributed by atoms with E-state index in [9.17, 15) is 0 Å². The lowest BCUT2D eigenvalue weighted by atomic mass is 9.79. The Labute approximate surface area is 102 Å². The van der Waals surface area contributed by atoms with Crippen LogP contribution >= 0.6 is 0 Å². The van der Waals surface area contributed by atoms with Gasteiger partial charge in [0.15, 0.2) is 0 Å². The maximum absolute atomic E-state index is 4.44. The minimum Gasteiger partial charge on any atom is -0.348 e. The monoisotopic (exact) mass is 232 g/mol. The van der Waals surface area contributed by atoms with Crippen molar-refractivity contribution in [2.24, 2.45) is 0 Å². The van der Waals surface area contributed by atoms with Gasteiger partial charge in [0.1, 0.15) is 12.1 Å². The van der Waals surface area contributed by atoms with Crippen molar-refractivity contribution in [1.29, 1.82) is 0 Å².